The summed E-state index contributed by atoms with van der Waals surface area (Å²) in [5.74, 6) is 0.00653. The first kappa shape index (κ1) is 15.8. The summed E-state index contributed by atoms with van der Waals surface area (Å²) in [5.41, 5.74) is 4.03. The Morgan fingerprint density at radius 2 is 2.04 bits per heavy atom. The van der Waals surface area contributed by atoms with Gasteiger partial charge in [-0.1, -0.05) is 41.6 Å². The van der Waals surface area contributed by atoms with Gasteiger partial charge in [-0.05, 0) is 24.5 Å². The molecule has 6 heteroatoms. The van der Waals surface area contributed by atoms with Crippen LogP contribution in [-0.2, 0) is 9.53 Å². The molecule has 0 saturated carbocycles. The van der Waals surface area contributed by atoms with E-state index in [1.165, 1.54) is 0 Å². The maximum absolute atomic E-state index is 12.3. The number of carbonyl (C=O) groups is 1. The van der Waals surface area contributed by atoms with Crippen molar-refractivity contribution in [2.45, 2.75) is 18.9 Å². The SMILES string of the molecule is COCC(=O)N1CCCC1c1nnn2cc(-c3ccccc3)ccc12. The third-order valence-corrected chi connectivity index (χ3v) is 4.70. The van der Waals surface area contributed by atoms with Gasteiger partial charge in [0.2, 0.25) is 5.91 Å². The lowest BCUT2D eigenvalue weighted by Gasteiger charge is -2.23. The molecule has 3 heterocycles. The van der Waals surface area contributed by atoms with Gasteiger partial charge in [0, 0.05) is 25.4 Å². The lowest BCUT2D eigenvalue weighted by atomic mass is 10.1. The van der Waals surface area contributed by atoms with Crippen LogP contribution in [0, 0.1) is 0 Å². The monoisotopic (exact) mass is 336 g/mol. The fourth-order valence-corrected chi connectivity index (χ4v) is 3.51. The van der Waals surface area contributed by atoms with Crippen molar-refractivity contribution in [2.24, 2.45) is 0 Å². The molecule has 2 aromatic heterocycles. The molecule has 1 fully saturated rings. The summed E-state index contributed by atoms with van der Waals surface area (Å²) in [6.45, 7) is 0.849. The Bertz CT molecular complexity index is 891. The topological polar surface area (TPSA) is 59.7 Å². The number of hydrogen-bond acceptors (Lipinski definition) is 4. The molecule has 4 rings (SSSR count). The van der Waals surface area contributed by atoms with Crippen LogP contribution >= 0.6 is 0 Å². The molecule has 1 aromatic carbocycles. The highest BCUT2D eigenvalue weighted by Crippen LogP contribution is 2.33. The molecule has 0 radical (unpaired) electrons. The quantitative estimate of drug-likeness (QED) is 0.735. The number of rotatable bonds is 4. The standard InChI is InChI=1S/C19H20N4O2/c1-25-13-18(24)22-11-5-8-16(22)19-17-10-9-15(12-23(17)21-20-19)14-6-3-2-4-7-14/h2-4,6-7,9-10,12,16H,5,8,11,13H2,1H3. The summed E-state index contributed by atoms with van der Waals surface area (Å²) in [7, 11) is 1.54. The summed E-state index contributed by atoms with van der Waals surface area (Å²) in [4.78, 5) is 14.1. The largest absolute Gasteiger partial charge is 0.375 e. The summed E-state index contributed by atoms with van der Waals surface area (Å²) >= 11 is 0. The van der Waals surface area contributed by atoms with Gasteiger partial charge in [-0.15, -0.1) is 5.10 Å². The minimum absolute atomic E-state index is 0.00653. The Morgan fingerprint density at radius 3 is 2.84 bits per heavy atom. The Hall–Kier alpha value is -2.73. The molecule has 1 unspecified atom stereocenters. The van der Waals surface area contributed by atoms with Gasteiger partial charge in [0.25, 0.3) is 0 Å². The highest BCUT2D eigenvalue weighted by Gasteiger charge is 2.32. The third kappa shape index (κ3) is 2.89. The third-order valence-electron chi connectivity index (χ3n) is 4.70. The highest BCUT2D eigenvalue weighted by atomic mass is 16.5. The van der Waals surface area contributed by atoms with E-state index in [1.807, 2.05) is 35.4 Å². The Balaban J connectivity index is 1.68. The van der Waals surface area contributed by atoms with Crippen molar-refractivity contribution in [1.29, 1.82) is 0 Å². The predicted octanol–water partition coefficient (Wildman–Crippen LogP) is 2.71. The van der Waals surface area contributed by atoms with E-state index in [1.54, 1.807) is 11.6 Å². The van der Waals surface area contributed by atoms with Gasteiger partial charge in [-0.3, -0.25) is 4.79 Å². The van der Waals surface area contributed by atoms with Crippen molar-refractivity contribution in [1.82, 2.24) is 19.7 Å². The number of ether oxygens (including phenoxy) is 1. The molecular formula is C19H20N4O2. The molecule has 25 heavy (non-hydrogen) atoms. The van der Waals surface area contributed by atoms with E-state index in [-0.39, 0.29) is 18.6 Å². The number of pyridine rings is 1. The second-order valence-corrected chi connectivity index (χ2v) is 6.27. The summed E-state index contributed by atoms with van der Waals surface area (Å²) in [6, 6.07) is 14.3. The molecule has 3 aromatic rings. The summed E-state index contributed by atoms with van der Waals surface area (Å²) < 4.78 is 6.80. The second kappa shape index (κ2) is 6.64. The van der Waals surface area contributed by atoms with Crippen LogP contribution in [0.3, 0.4) is 0 Å². The van der Waals surface area contributed by atoms with E-state index in [9.17, 15) is 4.79 Å². The smallest absolute Gasteiger partial charge is 0.249 e. The number of carbonyl (C=O) groups excluding carboxylic acids is 1. The van der Waals surface area contributed by atoms with Gasteiger partial charge in [-0.2, -0.15) is 0 Å². The number of methoxy groups -OCH3 is 1. The number of nitrogens with zero attached hydrogens (tertiary/aromatic N) is 4. The molecule has 1 atom stereocenters. The minimum Gasteiger partial charge on any atom is -0.375 e. The van der Waals surface area contributed by atoms with E-state index < -0.39 is 0 Å². The molecule has 1 aliphatic heterocycles. The molecule has 128 valence electrons. The average molecular weight is 336 g/mol. The normalized spacial score (nSPS) is 17.3. The minimum atomic E-state index is -0.0253. The van der Waals surface area contributed by atoms with Crippen molar-refractivity contribution in [3.63, 3.8) is 0 Å². The predicted molar refractivity (Wildman–Crippen MR) is 94.0 cm³/mol. The van der Waals surface area contributed by atoms with E-state index in [0.29, 0.717) is 0 Å². The number of aromatic nitrogens is 3. The van der Waals surface area contributed by atoms with Gasteiger partial charge in [-0.25, -0.2) is 4.52 Å². The zero-order chi connectivity index (χ0) is 17.2. The van der Waals surface area contributed by atoms with E-state index in [2.05, 4.69) is 28.5 Å². The lowest BCUT2D eigenvalue weighted by molar-refractivity contribution is -0.136. The molecule has 0 aliphatic carbocycles. The molecular weight excluding hydrogens is 316 g/mol. The number of fused-ring (bicyclic) bond motifs is 1. The van der Waals surface area contributed by atoms with Gasteiger partial charge in [0.15, 0.2) is 0 Å². The Labute approximate surface area is 146 Å². The summed E-state index contributed by atoms with van der Waals surface area (Å²) in [5, 5.41) is 8.67. The number of likely N-dealkylation sites (tertiary alicyclic amines) is 1. The zero-order valence-electron chi connectivity index (χ0n) is 14.1. The van der Waals surface area contributed by atoms with Gasteiger partial charge >= 0.3 is 0 Å². The van der Waals surface area contributed by atoms with Gasteiger partial charge in [0.1, 0.15) is 12.3 Å². The van der Waals surface area contributed by atoms with Crippen molar-refractivity contribution < 1.29 is 9.53 Å². The fraction of sp³-hybridized carbons (Fsp3) is 0.316. The molecule has 1 amide bonds. The highest BCUT2D eigenvalue weighted by molar-refractivity contribution is 5.78. The molecule has 0 N–H and O–H groups in total. The maximum Gasteiger partial charge on any atom is 0.249 e. The van der Waals surface area contributed by atoms with E-state index in [0.717, 1.165) is 41.7 Å². The van der Waals surface area contributed by atoms with Crippen LogP contribution in [0.1, 0.15) is 24.6 Å². The average Bonchev–Trinajstić information content (AvgIpc) is 3.28. The van der Waals surface area contributed by atoms with Crippen LogP contribution in [0.4, 0.5) is 0 Å². The van der Waals surface area contributed by atoms with Crippen molar-refractivity contribution >= 4 is 11.4 Å². The summed E-state index contributed by atoms with van der Waals surface area (Å²) in [6.07, 6.45) is 3.86. The number of benzene rings is 1. The first-order chi connectivity index (χ1) is 12.3. The van der Waals surface area contributed by atoms with Crippen LogP contribution in [0.15, 0.2) is 48.7 Å². The molecule has 0 bridgehead atoms. The van der Waals surface area contributed by atoms with Crippen molar-refractivity contribution in [2.75, 3.05) is 20.3 Å². The zero-order valence-corrected chi connectivity index (χ0v) is 14.1. The Kier molecular flexibility index (Phi) is 4.19. The van der Waals surface area contributed by atoms with E-state index in [4.69, 9.17) is 4.74 Å². The van der Waals surface area contributed by atoms with Crippen molar-refractivity contribution in [3.8, 4) is 11.1 Å². The number of hydrogen-bond donors (Lipinski definition) is 0. The van der Waals surface area contributed by atoms with Gasteiger partial charge < -0.3 is 9.64 Å². The van der Waals surface area contributed by atoms with Crippen LogP contribution in [0.2, 0.25) is 0 Å². The van der Waals surface area contributed by atoms with E-state index >= 15 is 0 Å². The van der Waals surface area contributed by atoms with Crippen LogP contribution < -0.4 is 0 Å². The van der Waals surface area contributed by atoms with Crippen LogP contribution in [0.25, 0.3) is 16.6 Å². The van der Waals surface area contributed by atoms with Crippen LogP contribution in [-0.4, -0.2) is 45.9 Å². The van der Waals surface area contributed by atoms with Crippen LogP contribution in [0.5, 0.6) is 0 Å². The second-order valence-electron chi connectivity index (χ2n) is 6.27. The van der Waals surface area contributed by atoms with Gasteiger partial charge in [0.05, 0.1) is 11.6 Å². The first-order valence-corrected chi connectivity index (χ1v) is 8.47. The molecule has 6 nitrogen and oxygen atoms in total. The lowest BCUT2D eigenvalue weighted by Crippen LogP contribution is -2.33. The molecule has 1 saturated heterocycles. The number of amides is 1. The Morgan fingerprint density at radius 1 is 1.20 bits per heavy atom. The maximum atomic E-state index is 12.3. The molecule has 0 spiro atoms. The first-order valence-electron chi connectivity index (χ1n) is 8.47. The van der Waals surface area contributed by atoms with Crippen molar-refractivity contribution in [3.05, 3.63) is 54.4 Å². The fourth-order valence-electron chi connectivity index (χ4n) is 3.51. The molecule has 1 aliphatic rings.